The molecule has 1 amide bonds. The number of aromatic nitrogens is 2. The van der Waals surface area contributed by atoms with Gasteiger partial charge >= 0.3 is 0 Å². The summed E-state index contributed by atoms with van der Waals surface area (Å²) in [6, 6.07) is 4.68. The van der Waals surface area contributed by atoms with E-state index >= 15 is 0 Å². The van der Waals surface area contributed by atoms with Crippen LogP contribution in [0.1, 0.15) is 20.8 Å². The van der Waals surface area contributed by atoms with Gasteiger partial charge in [-0.05, 0) is 23.7 Å². The Balaban J connectivity index is 2.31. The van der Waals surface area contributed by atoms with Crippen molar-refractivity contribution in [2.24, 2.45) is 0 Å². The lowest BCUT2D eigenvalue weighted by atomic mass is 10.2. The number of halogens is 3. The third-order valence-corrected chi connectivity index (χ3v) is 3.07. The van der Waals surface area contributed by atoms with Crippen molar-refractivity contribution in [1.82, 2.24) is 10.2 Å². The summed E-state index contributed by atoms with van der Waals surface area (Å²) in [6.07, 6.45) is 1.33. The number of H-pyrrole nitrogens is 1. The number of amides is 1. The van der Waals surface area contributed by atoms with E-state index in [1.165, 1.54) is 18.3 Å². The quantitative estimate of drug-likeness (QED) is 0.852. The van der Waals surface area contributed by atoms with Crippen LogP contribution < -0.4 is 5.32 Å². The molecule has 0 saturated heterocycles. The average molecular weight is 319 g/mol. The summed E-state index contributed by atoms with van der Waals surface area (Å²) in [7, 11) is 0. The van der Waals surface area contributed by atoms with Gasteiger partial charge in [-0.25, -0.2) is 0 Å². The number of hydrogen-bond acceptors (Lipinski definition) is 3. The first kappa shape index (κ1) is 13.9. The lowest BCUT2D eigenvalue weighted by Crippen LogP contribution is -2.14. The summed E-state index contributed by atoms with van der Waals surface area (Å²) in [5.74, 6) is -0.559. The minimum Gasteiger partial charge on any atom is -0.319 e. The predicted octanol–water partition coefficient (Wildman–Crippen LogP) is 3.35. The number of nitrogens with zero attached hydrogens (tertiary/aromatic N) is 1. The molecule has 2 rings (SSSR count). The molecule has 0 aliphatic rings. The Morgan fingerprint density at radius 1 is 1.21 bits per heavy atom. The van der Waals surface area contributed by atoms with Crippen LogP contribution in [0.5, 0.6) is 0 Å². The van der Waals surface area contributed by atoms with E-state index in [9.17, 15) is 9.59 Å². The van der Waals surface area contributed by atoms with Crippen molar-refractivity contribution in [2.75, 3.05) is 5.32 Å². The van der Waals surface area contributed by atoms with Gasteiger partial charge in [-0.3, -0.25) is 14.7 Å². The second kappa shape index (κ2) is 5.61. The molecule has 0 spiro atoms. The summed E-state index contributed by atoms with van der Waals surface area (Å²) in [5.41, 5.74) is 0.180. The van der Waals surface area contributed by atoms with Crippen molar-refractivity contribution < 1.29 is 9.59 Å². The first-order valence-corrected chi connectivity index (χ1v) is 6.13. The van der Waals surface area contributed by atoms with Crippen LogP contribution in [-0.4, -0.2) is 21.3 Å². The number of anilines is 1. The van der Waals surface area contributed by atoms with Gasteiger partial charge in [0.15, 0.2) is 5.69 Å². The summed E-state index contributed by atoms with van der Waals surface area (Å²) in [6.45, 7) is 0. The van der Waals surface area contributed by atoms with E-state index in [-0.39, 0.29) is 27.0 Å². The lowest BCUT2D eigenvalue weighted by Gasteiger charge is -2.07. The average Bonchev–Trinajstić information content (AvgIpc) is 2.76. The zero-order chi connectivity index (χ0) is 14.0. The molecule has 2 aromatic rings. The number of carbonyl (C=O) groups excluding carboxylic acids is 2. The first-order valence-electron chi connectivity index (χ1n) is 4.99. The van der Waals surface area contributed by atoms with Crippen LogP contribution in [0.4, 0.5) is 5.69 Å². The third kappa shape index (κ3) is 2.89. The van der Waals surface area contributed by atoms with Gasteiger partial charge in [-0.15, -0.1) is 0 Å². The van der Waals surface area contributed by atoms with Crippen LogP contribution in [0.3, 0.4) is 0 Å². The van der Waals surface area contributed by atoms with E-state index in [0.29, 0.717) is 0 Å². The van der Waals surface area contributed by atoms with Gasteiger partial charge in [0, 0.05) is 6.20 Å². The van der Waals surface area contributed by atoms with Gasteiger partial charge in [0.05, 0.1) is 21.3 Å². The number of aromatic amines is 1. The predicted molar refractivity (Wildman–Crippen MR) is 73.2 cm³/mol. The normalized spacial score (nSPS) is 10.3. The largest absolute Gasteiger partial charge is 0.319 e. The number of benzene rings is 1. The molecular weight excluding hydrogens is 312 g/mol. The van der Waals surface area contributed by atoms with E-state index in [0.717, 1.165) is 0 Å². The minimum atomic E-state index is -0.790. The minimum absolute atomic E-state index is 0.0850. The molecule has 0 aliphatic carbocycles. The maximum Gasteiger partial charge on any atom is 0.274 e. The molecule has 5 nitrogen and oxygen atoms in total. The summed E-state index contributed by atoms with van der Waals surface area (Å²) >= 11 is 17.1. The zero-order valence-corrected chi connectivity index (χ0v) is 11.5. The molecule has 0 unspecified atom stereocenters. The highest BCUT2D eigenvalue weighted by Gasteiger charge is 2.19. The molecule has 1 aromatic carbocycles. The van der Waals surface area contributed by atoms with Crippen molar-refractivity contribution in [2.45, 2.75) is 0 Å². The van der Waals surface area contributed by atoms with E-state index in [1.807, 2.05) is 0 Å². The van der Waals surface area contributed by atoms with Crippen LogP contribution in [0.25, 0.3) is 0 Å². The fraction of sp³-hybridized carbons (Fsp3) is 0. The van der Waals surface area contributed by atoms with Crippen molar-refractivity contribution in [3.63, 3.8) is 0 Å². The SMILES string of the molecule is O=C(Cl)c1n[nH]cc1NC(=O)c1c(Cl)cccc1Cl. The molecule has 0 bridgehead atoms. The van der Waals surface area contributed by atoms with Crippen molar-refractivity contribution in [3.8, 4) is 0 Å². The molecule has 8 heteroatoms. The highest BCUT2D eigenvalue weighted by Crippen LogP contribution is 2.25. The molecule has 19 heavy (non-hydrogen) atoms. The molecule has 0 atom stereocenters. The Morgan fingerprint density at radius 2 is 1.84 bits per heavy atom. The molecule has 2 N–H and O–H groups in total. The monoisotopic (exact) mass is 317 g/mol. The molecule has 0 aliphatic heterocycles. The number of nitrogens with one attached hydrogen (secondary N) is 2. The Bertz CT molecular complexity index is 634. The molecule has 0 radical (unpaired) electrons. The Hall–Kier alpha value is -1.56. The smallest absolute Gasteiger partial charge is 0.274 e. The topological polar surface area (TPSA) is 74.8 Å². The second-order valence-electron chi connectivity index (χ2n) is 3.47. The van der Waals surface area contributed by atoms with E-state index < -0.39 is 11.1 Å². The van der Waals surface area contributed by atoms with E-state index in [1.54, 1.807) is 6.07 Å². The first-order chi connectivity index (χ1) is 9.00. The van der Waals surface area contributed by atoms with Gasteiger partial charge in [0.2, 0.25) is 0 Å². The standard InChI is InChI=1S/C11H6Cl3N3O2/c12-5-2-1-3-6(13)8(5)11(19)16-7-4-15-17-9(7)10(14)18/h1-4H,(H,15,17)(H,16,19). The number of rotatable bonds is 3. The Morgan fingerprint density at radius 3 is 2.42 bits per heavy atom. The number of carbonyl (C=O) groups is 2. The maximum absolute atomic E-state index is 12.1. The van der Waals surface area contributed by atoms with E-state index in [2.05, 4.69) is 15.5 Å². The van der Waals surface area contributed by atoms with Crippen LogP contribution in [0.2, 0.25) is 10.0 Å². The highest BCUT2D eigenvalue weighted by atomic mass is 35.5. The van der Waals surface area contributed by atoms with Crippen LogP contribution >= 0.6 is 34.8 Å². The summed E-state index contributed by atoms with van der Waals surface area (Å²) in [5, 5.41) is 8.13. The maximum atomic E-state index is 12.1. The second-order valence-corrected chi connectivity index (χ2v) is 4.63. The summed E-state index contributed by atoms with van der Waals surface area (Å²) < 4.78 is 0. The van der Waals surface area contributed by atoms with Crippen LogP contribution in [0, 0.1) is 0 Å². The van der Waals surface area contributed by atoms with Crippen molar-refractivity contribution in [1.29, 1.82) is 0 Å². The van der Waals surface area contributed by atoms with Crippen LogP contribution in [0.15, 0.2) is 24.4 Å². The van der Waals surface area contributed by atoms with Crippen LogP contribution in [-0.2, 0) is 0 Å². The van der Waals surface area contributed by atoms with Gasteiger partial charge in [-0.1, -0.05) is 29.3 Å². The highest BCUT2D eigenvalue weighted by molar-refractivity contribution is 6.68. The molecule has 98 valence electrons. The Kier molecular flexibility index (Phi) is 4.09. The van der Waals surface area contributed by atoms with Gasteiger partial charge in [-0.2, -0.15) is 5.10 Å². The zero-order valence-electron chi connectivity index (χ0n) is 9.21. The summed E-state index contributed by atoms with van der Waals surface area (Å²) in [4.78, 5) is 23.1. The fourth-order valence-electron chi connectivity index (χ4n) is 1.43. The molecule has 1 heterocycles. The molecule has 1 aromatic heterocycles. The van der Waals surface area contributed by atoms with E-state index in [4.69, 9.17) is 34.8 Å². The number of hydrogen-bond donors (Lipinski definition) is 2. The van der Waals surface area contributed by atoms with Gasteiger partial charge in [0.25, 0.3) is 11.1 Å². The Labute approximate surface area is 122 Å². The molecule has 0 fully saturated rings. The van der Waals surface area contributed by atoms with Gasteiger partial charge < -0.3 is 5.32 Å². The fourth-order valence-corrected chi connectivity index (χ4v) is 2.15. The van der Waals surface area contributed by atoms with Gasteiger partial charge in [0.1, 0.15) is 0 Å². The lowest BCUT2D eigenvalue weighted by molar-refractivity contribution is 0.102. The van der Waals surface area contributed by atoms with Crippen molar-refractivity contribution >= 4 is 51.6 Å². The van der Waals surface area contributed by atoms with Crippen molar-refractivity contribution in [3.05, 3.63) is 45.7 Å². The molecule has 0 saturated carbocycles. The molecular formula is C11H6Cl3N3O2. The third-order valence-electron chi connectivity index (χ3n) is 2.26.